The van der Waals surface area contributed by atoms with E-state index in [-0.39, 0.29) is 11.1 Å². The number of hydrogen-bond donors (Lipinski definition) is 2. The summed E-state index contributed by atoms with van der Waals surface area (Å²) < 4.78 is 0. The van der Waals surface area contributed by atoms with Crippen LogP contribution in [0.25, 0.3) is 0 Å². The highest BCUT2D eigenvalue weighted by Crippen LogP contribution is 2.13. The molecule has 0 spiro atoms. The topological polar surface area (TPSA) is 103 Å². The van der Waals surface area contributed by atoms with Crippen LogP contribution in [-0.4, -0.2) is 22.0 Å². The van der Waals surface area contributed by atoms with E-state index in [9.17, 15) is 9.59 Å². The van der Waals surface area contributed by atoms with Gasteiger partial charge < -0.3 is 10.4 Å². The van der Waals surface area contributed by atoms with Crippen molar-refractivity contribution in [3.05, 3.63) is 59.4 Å². The van der Waals surface area contributed by atoms with Crippen molar-refractivity contribution < 1.29 is 14.7 Å². The third-order valence-electron chi connectivity index (χ3n) is 2.57. The largest absolute Gasteiger partial charge is 0.478 e. The lowest BCUT2D eigenvalue weighted by molar-refractivity contribution is 0.0692. The highest BCUT2D eigenvalue weighted by Gasteiger charge is 2.16. The second kappa shape index (κ2) is 5.63. The van der Waals surface area contributed by atoms with Crippen LogP contribution in [0.3, 0.4) is 0 Å². The van der Waals surface area contributed by atoms with Crippen LogP contribution in [0, 0.1) is 11.3 Å². The van der Waals surface area contributed by atoms with Gasteiger partial charge in [-0.25, -0.2) is 4.79 Å². The number of anilines is 1. The lowest BCUT2D eigenvalue weighted by Crippen LogP contribution is -2.16. The number of carbonyl (C=O) groups excluding carboxylic acids is 1. The number of pyridine rings is 1. The average molecular weight is 267 g/mol. The van der Waals surface area contributed by atoms with Crippen molar-refractivity contribution >= 4 is 17.6 Å². The van der Waals surface area contributed by atoms with Crippen LogP contribution >= 0.6 is 0 Å². The number of rotatable bonds is 3. The first-order valence-corrected chi connectivity index (χ1v) is 5.60. The third-order valence-corrected chi connectivity index (χ3v) is 2.57. The first-order valence-electron chi connectivity index (χ1n) is 5.60. The molecule has 2 N–H and O–H groups in total. The van der Waals surface area contributed by atoms with Gasteiger partial charge in [-0.2, -0.15) is 5.26 Å². The van der Waals surface area contributed by atoms with E-state index < -0.39 is 11.9 Å². The molecule has 0 atom stereocenters. The SMILES string of the molecule is N#Cc1ccc(NC(=O)c2ccncc2C(=O)O)cc1. The van der Waals surface area contributed by atoms with Crippen molar-refractivity contribution in [1.82, 2.24) is 4.98 Å². The van der Waals surface area contributed by atoms with Crippen LogP contribution in [0.5, 0.6) is 0 Å². The van der Waals surface area contributed by atoms with Crippen molar-refractivity contribution in [2.75, 3.05) is 5.32 Å². The standard InChI is InChI=1S/C14H9N3O3/c15-7-9-1-3-10(4-2-9)17-13(18)11-5-6-16-8-12(11)14(19)20/h1-6,8H,(H,17,18)(H,19,20). The van der Waals surface area contributed by atoms with Crippen LogP contribution in [0.2, 0.25) is 0 Å². The van der Waals surface area contributed by atoms with E-state index in [1.165, 1.54) is 12.3 Å². The number of nitriles is 1. The maximum atomic E-state index is 12.0. The Bertz CT molecular complexity index is 702. The zero-order valence-electron chi connectivity index (χ0n) is 10.2. The number of carboxylic acids is 1. The minimum atomic E-state index is -1.22. The summed E-state index contributed by atoms with van der Waals surface area (Å²) in [6.45, 7) is 0. The van der Waals surface area contributed by atoms with E-state index in [0.29, 0.717) is 11.3 Å². The molecule has 0 aliphatic rings. The van der Waals surface area contributed by atoms with Crippen LogP contribution in [0.15, 0.2) is 42.7 Å². The van der Waals surface area contributed by atoms with E-state index in [1.54, 1.807) is 24.3 Å². The van der Waals surface area contributed by atoms with Gasteiger partial charge in [0.2, 0.25) is 0 Å². The van der Waals surface area contributed by atoms with E-state index in [1.807, 2.05) is 6.07 Å². The van der Waals surface area contributed by atoms with E-state index >= 15 is 0 Å². The van der Waals surface area contributed by atoms with E-state index in [0.717, 1.165) is 6.20 Å². The maximum absolute atomic E-state index is 12.0. The van der Waals surface area contributed by atoms with Crippen LogP contribution in [0.4, 0.5) is 5.69 Å². The highest BCUT2D eigenvalue weighted by atomic mass is 16.4. The molecule has 0 unspecified atom stereocenters. The summed E-state index contributed by atoms with van der Waals surface area (Å²) in [6.07, 6.45) is 2.47. The molecule has 0 radical (unpaired) electrons. The van der Waals surface area contributed by atoms with Gasteiger partial charge in [0.25, 0.3) is 5.91 Å². The molecule has 0 bridgehead atoms. The molecule has 0 saturated heterocycles. The summed E-state index contributed by atoms with van der Waals surface area (Å²) in [7, 11) is 0. The molecule has 98 valence electrons. The minimum Gasteiger partial charge on any atom is -0.478 e. The van der Waals surface area contributed by atoms with Gasteiger partial charge in [0.05, 0.1) is 22.8 Å². The molecule has 1 aromatic heterocycles. The summed E-state index contributed by atoms with van der Waals surface area (Å²) >= 11 is 0. The third kappa shape index (κ3) is 2.79. The number of nitrogens with one attached hydrogen (secondary N) is 1. The summed E-state index contributed by atoms with van der Waals surface area (Å²) in [5, 5.41) is 20.2. The smallest absolute Gasteiger partial charge is 0.338 e. The zero-order chi connectivity index (χ0) is 14.5. The van der Waals surface area contributed by atoms with Gasteiger partial charge >= 0.3 is 5.97 Å². The predicted octanol–water partition coefficient (Wildman–Crippen LogP) is 1.90. The molecular formula is C14H9N3O3. The van der Waals surface area contributed by atoms with Gasteiger partial charge in [-0.3, -0.25) is 9.78 Å². The molecule has 0 aliphatic carbocycles. The normalized spacial score (nSPS) is 9.55. The number of nitrogens with zero attached hydrogens (tertiary/aromatic N) is 2. The Kier molecular flexibility index (Phi) is 3.72. The van der Waals surface area contributed by atoms with Crippen LogP contribution in [0.1, 0.15) is 26.3 Å². The highest BCUT2D eigenvalue weighted by molar-refractivity contribution is 6.10. The molecule has 0 fully saturated rings. The number of carboxylic acid groups (broad SMARTS) is 1. The second-order valence-electron chi connectivity index (χ2n) is 3.87. The molecule has 6 heteroatoms. The Morgan fingerprint density at radius 3 is 2.45 bits per heavy atom. The van der Waals surface area contributed by atoms with Gasteiger partial charge in [0.15, 0.2) is 0 Å². The summed E-state index contributed by atoms with van der Waals surface area (Å²) in [4.78, 5) is 26.7. The molecular weight excluding hydrogens is 258 g/mol. The Hall–Kier alpha value is -3.20. The molecule has 2 rings (SSSR count). The minimum absolute atomic E-state index is 0.0249. The van der Waals surface area contributed by atoms with Gasteiger partial charge in [0, 0.05) is 18.1 Å². The Balaban J connectivity index is 2.24. The van der Waals surface area contributed by atoms with Crippen LogP contribution < -0.4 is 5.32 Å². The molecule has 20 heavy (non-hydrogen) atoms. The number of aromatic carboxylic acids is 1. The first kappa shape index (κ1) is 13.2. The second-order valence-corrected chi connectivity index (χ2v) is 3.87. The Morgan fingerprint density at radius 2 is 1.85 bits per heavy atom. The Morgan fingerprint density at radius 1 is 1.15 bits per heavy atom. The fourth-order valence-electron chi connectivity index (χ4n) is 1.59. The number of hydrogen-bond acceptors (Lipinski definition) is 4. The van der Waals surface area contributed by atoms with Crippen molar-refractivity contribution in [3.63, 3.8) is 0 Å². The first-order chi connectivity index (χ1) is 9.61. The average Bonchev–Trinajstić information content (AvgIpc) is 2.48. The molecule has 0 saturated carbocycles. The number of amides is 1. The fourth-order valence-corrected chi connectivity index (χ4v) is 1.59. The maximum Gasteiger partial charge on any atom is 0.338 e. The molecule has 0 aliphatic heterocycles. The van der Waals surface area contributed by atoms with E-state index in [2.05, 4.69) is 10.3 Å². The zero-order valence-corrected chi connectivity index (χ0v) is 10.2. The summed E-state index contributed by atoms with van der Waals surface area (Å²) in [5.41, 5.74) is 0.802. The van der Waals surface area contributed by atoms with Gasteiger partial charge in [-0.05, 0) is 30.3 Å². The lowest BCUT2D eigenvalue weighted by Gasteiger charge is -2.07. The number of aromatic nitrogens is 1. The Labute approximate surface area is 114 Å². The fraction of sp³-hybridized carbons (Fsp3) is 0. The number of benzene rings is 1. The van der Waals surface area contributed by atoms with Gasteiger partial charge in [-0.15, -0.1) is 0 Å². The predicted molar refractivity (Wildman–Crippen MR) is 70.3 cm³/mol. The van der Waals surface area contributed by atoms with Crippen molar-refractivity contribution in [2.24, 2.45) is 0 Å². The number of carbonyl (C=O) groups is 2. The summed E-state index contributed by atoms with van der Waals surface area (Å²) in [6, 6.07) is 9.55. The molecule has 1 heterocycles. The van der Waals surface area contributed by atoms with Crippen molar-refractivity contribution in [2.45, 2.75) is 0 Å². The van der Waals surface area contributed by atoms with Gasteiger partial charge in [0.1, 0.15) is 0 Å². The lowest BCUT2D eigenvalue weighted by atomic mass is 10.1. The van der Waals surface area contributed by atoms with E-state index in [4.69, 9.17) is 10.4 Å². The molecule has 1 aromatic carbocycles. The monoisotopic (exact) mass is 267 g/mol. The van der Waals surface area contributed by atoms with Crippen LogP contribution in [-0.2, 0) is 0 Å². The summed E-state index contributed by atoms with van der Waals surface area (Å²) in [5.74, 6) is -1.77. The molecule has 6 nitrogen and oxygen atoms in total. The molecule has 2 aromatic rings. The van der Waals surface area contributed by atoms with Gasteiger partial charge in [-0.1, -0.05) is 0 Å². The quantitative estimate of drug-likeness (QED) is 0.884. The van der Waals surface area contributed by atoms with Crippen molar-refractivity contribution in [1.29, 1.82) is 5.26 Å². The van der Waals surface area contributed by atoms with Crippen molar-refractivity contribution in [3.8, 4) is 6.07 Å². The molecule has 1 amide bonds.